The van der Waals surface area contributed by atoms with Gasteiger partial charge in [0.05, 0.1) is 18.3 Å². The van der Waals surface area contributed by atoms with E-state index in [-0.39, 0.29) is 0 Å². The molecule has 0 unspecified atom stereocenters. The molecule has 4 heterocycles. The van der Waals surface area contributed by atoms with E-state index >= 15 is 0 Å². The van der Waals surface area contributed by atoms with Crippen molar-refractivity contribution in [1.29, 1.82) is 0 Å². The highest BCUT2D eigenvalue weighted by Gasteiger charge is 2.36. The summed E-state index contributed by atoms with van der Waals surface area (Å²) in [5.74, 6) is 2.40. The van der Waals surface area contributed by atoms with Crippen LogP contribution in [0.15, 0.2) is 48.5 Å². The maximum atomic E-state index is 5.54. The summed E-state index contributed by atoms with van der Waals surface area (Å²) in [5.41, 5.74) is 5.81. The molecule has 2 aromatic carbocycles. The minimum atomic E-state index is 0.752. The van der Waals surface area contributed by atoms with Crippen LogP contribution >= 0.6 is 0 Å². The van der Waals surface area contributed by atoms with Gasteiger partial charge >= 0.3 is 0 Å². The van der Waals surface area contributed by atoms with Crippen molar-refractivity contribution >= 4 is 22.3 Å². The predicted molar refractivity (Wildman–Crippen MR) is 140 cm³/mol. The van der Waals surface area contributed by atoms with Gasteiger partial charge in [-0.15, -0.1) is 0 Å². The van der Waals surface area contributed by atoms with E-state index in [1.807, 2.05) is 0 Å². The zero-order chi connectivity index (χ0) is 23.1. The number of rotatable bonds is 4. The molecule has 0 radical (unpaired) electrons. The molecule has 6 rings (SSSR count). The summed E-state index contributed by atoms with van der Waals surface area (Å²) in [6, 6.07) is 17.6. The average molecular weight is 458 g/mol. The molecule has 0 amide bonds. The summed E-state index contributed by atoms with van der Waals surface area (Å²) in [7, 11) is 3.98. The fraction of sp³-hybridized carbons (Fsp3) is 0.464. The third-order valence-corrected chi connectivity index (χ3v) is 7.99. The number of nitrogens with zero attached hydrogens (tertiary/aromatic N) is 4. The number of ether oxygens (including phenoxy) is 1. The zero-order valence-electron chi connectivity index (χ0n) is 20.3. The van der Waals surface area contributed by atoms with Crippen LogP contribution < -0.4 is 19.9 Å². The summed E-state index contributed by atoms with van der Waals surface area (Å²) < 4.78 is 5.54. The van der Waals surface area contributed by atoms with Gasteiger partial charge in [-0.25, -0.2) is 4.98 Å². The SMILES string of the molecule is COc1ccc2c(N3C[C@H]4CN(C)CC[C@H]4C3)cc(-c3ccc(N4CCNCC4)cc3)nc2c1. The summed E-state index contributed by atoms with van der Waals surface area (Å²) in [6.07, 6.45) is 1.30. The van der Waals surface area contributed by atoms with Crippen molar-refractivity contribution in [2.75, 3.05) is 76.3 Å². The fourth-order valence-electron chi connectivity index (χ4n) is 6.04. The minimum absolute atomic E-state index is 0.752. The van der Waals surface area contributed by atoms with Gasteiger partial charge in [-0.05, 0) is 62.2 Å². The van der Waals surface area contributed by atoms with Crippen LogP contribution in [0.25, 0.3) is 22.2 Å². The van der Waals surface area contributed by atoms with Crippen LogP contribution in [0.3, 0.4) is 0 Å². The Hall–Kier alpha value is -2.83. The molecule has 178 valence electrons. The average Bonchev–Trinajstić information content (AvgIpc) is 3.31. The number of piperidine rings is 1. The first-order chi connectivity index (χ1) is 16.7. The minimum Gasteiger partial charge on any atom is -0.497 e. The van der Waals surface area contributed by atoms with Gasteiger partial charge in [0.25, 0.3) is 0 Å². The first-order valence-corrected chi connectivity index (χ1v) is 12.7. The van der Waals surface area contributed by atoms with E-state index in [1.165, 1.54) is 41.8 Å². The highest BCUT2D eigenvalue weighted by Crippen LogP contribution is 2.39. The molecule has 3 aromatic rings. The van der Waals surface area contributed by atoms with Crippen molar-refractivity contribution in [2.24, 2.45) is 11.8 Å². The molecule has 0 aliphatic carbocycles. The smallest absolute Gasteiger partial charge is 0.121 e. The Labute approximate surface area is 202 Å². The van der Waals surface area contributed by atoms with Crippen molar-refractivity contribution in [3.05, 3.63) is 48.5 Å². The maximum absolute atomic E-state index is 5.54. The molecule has 3 fully saturated rings. The number of fused-ring (bicyclic) bond motifs is 2. The lowest BCUT2D eigenvalue weighted by molar-refractivity contribution is 0.178. The Bertz CT molecular complexity index is 1160. The summed E-state index contributed by atoms with van der Waals surface area (Å²) in [6.45, 7) is 8.91. The number of benzene rings is 2. The highest BCUT2D eigenvalue weighted by atomic mass is 16.5. The second-order valence-corrected chi connectivity index (χ2v) is 10.2. The number of methoxy groups -OCH3 is 1. The molecule has 6 nitrogen and oxygen atoms in total. The van der Waals surface area contributed by atoms with Gasteiger partial charge in [0.1, 0.15) is 5.75 Å². The Morgan fingerprint density at radius 2 is 1.68 bits per heavy atom. The van der Waals surface area contributed by atoms with Gasteiger partial charge in [0, 0.05) is 74.2 Å². The molecule has 3 saturated heterocycles. The fourth-order valence-corrected chi connectivity index (χ4v) is 6.04. The number of likely N-dealkylation sites (tertiary alicyclic amines) is 1. The van der Waals surface area contributed by atoms with Crippen LogP contribution in [0.5, 0.6) is 5.75 Å². The lowest BCUT2D eigenvalue weighted by Crippen LogP contribution is -2.43. The largest absolute Gasteiger partial charge is 0.497 e. The van der Waals surface area contributed by atoms with Crippen LogP contribution in [0, 0.1) is 11.8 Å². The number of hydrogen-bond acceptors (Lipinski definition) is 6. The molecule has 34 heavy (non-hydrogen) atoms. The quantitative estimate of drug-likeness (QED) is 0.645. The van der Waals surface area contributed by atoms with Gasteiger partial charge in [-0.1, -0.05) is 12.1 Å². The number of nitrogens with one attached hydrogen (secondary N) is 1. The molecule has 0 bridgehead atoms. The molecular weight excluding hydrogens is 422 g/mol. The van der Waals surface area contributed by atoms with E-state index < -0.39 is 0 Å². The van der Waals surface area contributed by atoms with Crippen molar-refractivity contribution in [3.63, 3.8) is 0 Å². The van der Waals surface area contributed by atoms with Crippen LogP contribution in [-0.4, -0.2) is 76.4 Å². The normalized spacial score (nSPS) is 23.4. The van der Waals surface area contributed by atoms with Gasteiger partial charge < -0.3 is 24.8 Å². The van der Waals surface area contributed by atoms with Crippen molar-refractivity contribution in [2.45, 2.75) is 6.42 Å². The Morgan fingerprint density at radius 3 is 2.47 bits per heavy atom. The molecule has 3 aliphatic rings. The maximum Gasteiger partial charge on any atom is 0.121 e. The van der Waals surface area contributed by atoms with E-state index in [4.69, 9.17) is 9.72 Å². The summed E-state index contributed by atoms with van der Waals surface area (Å²) in [5, 5.41) is 4.65. The number of anilines is 2. The van der Waals surface area contributed by atoms with Crippen LogP contribution in [-0.2, 0) is 0 Å². The Morgan fingerprint density at radius 1 is 0.882 bits per heavy atom. The molecule has 1 N–H and O–H groups in total. The second kappa shape index (κ2) is 9.08. The highest BCUT2D eigenvalue weighted by molar-refractivity contribution is 5.95. The third-order valence-electron chi connectivity index (χ3n) is 7.99. The molecule has 0 saturated carbocycles. The lowest BCUT2D eigenvalue weighted by atomic mass is 9.89. The monoisotopic (exact) mass is 457 g/mol. The summed E-state index contributed by atoms with van der Waals surface area (Å²) >= 11 is 0. The summed E-state index contributed by atoms with van der Waals surface area (Å²) in [4.78, 5) is 12.7. The van der Waals surface area contributed by atoms with Crippen molar-refractivity contribution < 1.29 is 4.74 Å². The van der Waals surface area contributed by atoms with Gasteiger partial charge in [0.2, 0.25) is 0 Å². The topological polar surface area (TPSA) is 43.9 Å². The Balaban J connectivity index is 1.37. The lowest BCUT2D eigenvalue weighted by Gasteiger charge is -2.31. The number of pyridine rings is 1. The van der Waals surface area contributed by atoms with Gasteiger partial charge in [-0.3, -0.25) is 0 Å². The molecule has 6 heteroatoms. The zero-order valence-corrected chi connectivity index (χ0v) is 20.3. The van der Waals surface area contributed by atoms with Crippen molar-refractivity contribution in [3.8, 4) is 17.0 Å². The molecule has 1 aromatic heterocycles. The van der Waals surface area contributed by atoms with Crippen LogP contribution in [0.1, 0.15) is 6.42 Å². The number of hydrogen-bond donors (Lipinski definition) is 1. The van der Waals surface area contributed by atoms with Gasteiger partial charge in [-0.2, -0.15) is 0 Å². The van der Waals surface area contributed by atoms with E-state index in [9.17, 15) is 0 Å². The molecule has 0 spiro atoms. The van der Waals surface area contributed by atoms with E-state index in [0.29, 0.717) is 0 Å². The van der Waals surface area contributed by atoms with Crippen LogP contribution in [0.2, 0.25) is 0 Å². The Kier molecular flexibility index (Phi) is 5.79. The third kappa shape index (κ3) is 4.10. The second-order valence-electron chi connectivity index (χ2n) is 10.2. The standard InChI is InChI=1S/C28H35N5O/c1-31-12-9-21-18-33(19-22(21)17-31)28-16-26(30-27-15-24(34-2)7-8-25(27)28)20-3-5-23(6-4-20)32-13-10-29-11-14-32/h3-8,15-16,21-22,29H,9-14,17-19H2,1-2H3/t21-,22+/m0/s1. The van der Waals surface area contributed by atoms with E-state index in [1.54, 1.807) is 7.11 Å². The predicted octanol–water partition coefficient (Wildman–Crippen LogP) is 3.71. The molecule has 3 aliphatic heterocycles. The number of aromatic nitrogens is 1. The first-order valence-electron chi connectivity index (χ1n) is 12.7. The molecule has 2 atom stereocenters. The van der Waals surface area contributed by atoms with Crippen LogP contribution in [0.4, 0.5) is 11.4 Å². The first kappa shape index (κ1) is 21.7. The van der Waals surface area contributed by atoms with E-state index in [2.05, 4.69) is 75.6 Å². The van der Waals surface area contributed by atoms with Crippen molar-refractivity contribution in [1.82, 2.24) is 15.2 Å². The van der Waals surface area contributed by atoms with Gasteiger partial charge in [0.15, 0.2) is 0 Å². The van der Waals surface area contributed by atoms with E-state index in [0.717, 1.165) is 68.1 Å². The molecular formula is C28H35N5O. The number of piperazine rings is 1.